The number of nitrogens with zero attached hydrogens (tertiary/aromatic N) is 1. The zero-order valence-electron chi connectivity index (χ0n) is 10.9. The first-order chi connectivity index (χ1) is 7.81. The summed E-state index contributed by atoms with van der Waals surface area (Å²) in [7, 11) is -2.31. The molecule has 0 aliphatic carbocycles. The molecule has 0 saturated heterocycles. The minimum absolute atomic E-state index is 0.0387. The van der Waals surface area contributed by atoms with Crippen LogP contribution in [0.2, 0.25) is 0 Å². The van der Waals surface area contributed by atoms with Crippen LogP contribution in [-0.4, -0.2) is 39.4 Å². The molecule has 0 aromatic carbocycles. The number of hydrogen-bond acceptors (Lipinski definition) is 4. The van der Waals surface area contributed by atoms with E-state index in [1.807, 2.05) is 6.92 Å². The lowest BCUT2D eigenvalue weighted by Gasteiger charge is -2.34. The Balaban J connectivity index is 4.67. The predicted molar refractivity (Wildman–Crippen MR) is 63.3 cm³/mol. The van der Waals surface area contributed by atoms with E-state index in [0.29, 0.717) is 10.7 Å². The molecule has 0 radical (unpaired) electrons. The number of methoxy groups -OCH3 is 2. The molecule has 0 bridgehead atoms. The van der Waals surface area contributed by atoms with Crippen molar-refractivity contribution < 1.29 is 21.8 Å². The van der Waals surface area contributed by atoms with E-state index in [1.54, 1.807) is 0 Å². The minimum Gasteiger partial charge on any atom is -0.340 e. The number of ether oxygens (including phenoxy) is 2. The topological polar surface area (TPSA) is 55.8 Å². The zero-order valence-corrected chi connectivity index (χ0v) is 11.7. The van der Waals surface area contributed by atoms with Crippen LogP contribution < -0.4 is 0 Å². The Labute approximate surface area is 103 Å². The smallest absolute Gasteiger partial charge is 0.340 e. The average molecular weight is 271 g/mol. The summed E-state index contributed by atoms with van der Waals surface area (Å²) in [6, 6.07) is 0. The molecule has 0 aliphatic heterocycles. The molecule has 0 amide bonds. The van der Waals surface area contributed by atoms with Gasteiger partial charge in [0.25, 0.3) is 0 Å². The van der Waals surface area contributed by atoms with Crippen molar-refractivity contribution in [3.63, 3.8) is 0 Å². The van der Waals surface area contributed by atoms with Crippen molar-refractivity contribution in [3.8, 4) is 0 Å². The number of halogens is 1. The average Bonchev–Trinajstić information content (AvgIpc) is 2.26. The summed E-state index contributed by atoms with van der Waals surface area (Å²) in [4.78, 5) is 0. The number of rotatable bonds is 9. The van der Waals surface area contributed by atoms with Gasteiger partial charge >= 0.3 is 10.4 Å². The molecule has 0 atom stereocenters. The van der Waals surface area contributed by atoms with E-state index in [2.05, 4.69) is 0 Å². The van der Waals surface area contributed by atoms with Gasteiger partial charge in [0.15, 0.2) is 0 Å². The molecule has 7 heteroatoms. The SMILES string of the molecule is CCCCCCN(C(C)(OC)OC)S(=O)(=O)F. The van der Waals surface area contributed by atoms with E-state index in [0.717, 1.165) is 19.3 Å². The molecule has 0 aromatic rings. The van der Waals surface area contributed by atoms with Gasteiger partial charge in [0, 0.05) is 27.7 Å². The Bertz CT molecular complexity index is 303. The number of unbranched alkanes of at least 4 members (excludes halogenated alkanes) is 3. The summed E-state index contributed by atoms with van der Waals surface area (Å²) in [5.74, 6) is -1.60. The van der Waals surface area contributed by atoms with Crippen LogP contribution in [-0.2, 0) is 19.9 Å². The van der Waals surface area contributed by atoms with Gasteiger partial charge in [-0.15, -0.1) is 4.31 Å². The summed E-state index contributed by atoms with van der Waals surface area (Å²) in [5.41, 5.74) is 0. The Morgan fingerprint density at radius 1 is 1.18 bits per heavy atom. The normalized spacial score (nSPS) is 13.3. The monoisotopic (exact) mass is 271 g/mol. The lowest BCUT2D eigenvalue weighted by molar-refractivity contribution is -0.257. The van der Waals surface area contributed by atoms with E-state index in [4.69, 9.17) is 9.47 Å². The van der Waals surface area contributed by atoms with Crippen LogP contribution in [0.5, 0.6) is 0 Å². The van der Waals surface area contributed by atoms with E-state index >= 15 is 0 Å². The Morgan fingerprint density at radius 2 is 1.71 bits per heavy atom. The van der Waals surface area contributed by atoms with Gasteiger partial charge < -0.3 is 9.47 Å². The first kappa shape index (κ1) is 16.8. The molecule has 0 unspecified atom stereocenters. The summed E-state index contributed by atoms with van der Waals surface area (Å²) in [6.07, 6.45) is 3.41. The van der Waals surface area contributed by atoms with Gasteiger partial charge in [-0.3, -0.25) is 0 Å². The first-order valence-corrected chi connectivity index (χ1v) is 6.98. The van der Waals surface area contributed by atoms with E-state index in [1.165, 1.54) is 21.1 Å². The fraction of sp³-hybridized carbons (Fsp3) is 1.00. The molecular weight excluding hydrogens is 249 g/mol. The van der Waals surface area contributed by atoms with E-state index < -0.39 is 16.3 Å². The van der Waals surface area contributed by atoms with Crippen molar-refractivity contribution in [2.24, 2.45) is 0 Å². The minimum atomic E-state index is -4.85. The summed E-state index contributed by atoms with van der Waals surface area (Å²) < 4.78 is 45.7. The Hall–Kier alpha value is -0.240. The van der Waals surface area contributed by atoms with Gasteiger partial charge in [-0.25, -0.2) is 0 Å². The molecule has 0 spiro atoms. The van der Waals surface area contributed by atoms with Crippen LogP contribution in [0.3, 0.4) is 0 Å². The van der Waals surface area contributed by atoms with Crippen molar-refractivity contribution in [3.05, 3.63) is 0 Å². The van der Waals surface area contributed by atoms with Gasteiger partial charge in [-0.05, 0) is 6.42 Å². The van der Waals surface area contributed by atoms with Crippen molar-refractivity contribution in [1.82, 2.24) is 4.31 Å². The molecule has 0 aliphatic rings. The maximum Gasteiger partial charge on any atom is 0.379 e. The summed E-state index contributed by atoms with van der Waals surface area (Å²) in [5, 5.41) is 0. The molecule has 0 fully saturated rings. The van der Waals surface area contributed by atoms with Gasteiger partial charge in [-0.1, -0.05) is 30.1 Å². The van der Waals surface area contributed by atoms with Crippen molar-refractivity contribution in [1.29, 1.82) is 0 Å². The largest absolute Gasteiger partial charge is 0.379 e. The van der Waals surface area contributed by atoms with Crippen molar-refractivity contribution in [2.75, 3.05) is 20.8 Å². The summed E-state index contributed by atoms with van der Waals surface area (Å²) in [6.45, 7) is 3.44. The highest BCUT2D eigenvalue weighted by atomic mass is 32.3. The lowest BCUT2D eigenvalue weighted by atomic mass is 10.2. The van der Waals surface area contributed by atoms with Crippen LogP contribution in [0, 0.1) is 0 Å². The molecule has 0 aromatic heterocycles. The highest BCUT2D eigenvalue weighted by Gasteiger charge is 2.40. The molecular formula is C10H22FNO4S. The fourth-order valence-electron chi connectivity index (χ4n) is 1.48. The quantitative estimate of drug-likeness (QED) is 0.366. The molecule has 104 valence electrons. The molecule has 0 saturated carbocycles. The third kappa shape index (κ3) is 5.29. The van der Waals surface area contributed by atoms with E-state index in [9.17, 15) is 12.3 Å². The first-order valence-electron chi connectivity index (χ1n) is 5.64. The maximum atomic E-state index is 13.2. The third-order valence-electron chi connectivity index (χ3n) is 2.69. The standard InChI is InChI=1S/C10H22FNO4S/c1-5-6-7-8-9-12(17(11,13)14)10(2,15-3)16-4/h5-9H2,1-4H3. The second kappa shape index (κ2) is 7.25. The van der Waals surface area contributed by atoms with Crippen LogP contribution in [0.15, 0.2) is 0 Å². The fourth-order valence-corrected chi connectivity index (χ4v) is 2.37. The van der Waals surface area contributed by atoms with E-state index in [-0.39, 0.29) is 6.54 Å². The van der Waals surface area contributed by atoms with Crippen LogP contribution in [0.4, 0.5) is 3.89 Å². The second-order valence-corrected chi connectivity index (χ2v) is 5.15. The molecule has 17 heavy (non-hydrogen) atoms. The molecule has 0 rings (SSSR count). The van der Waals surface area contributed by atoms with Gasteiger partial charge in [-0.2, -0.15) is 8.42 Å². The molecule has 5 nitrogen and oxygen atoms in total. The van der Waals surface area contributed by atoms with Crippen LogP contribution in [0.25, 0.3) is 0 Å². The van der Waals surface area contributed by atoms with Crippen molar-refractivity contribution in [2.45, 2.75) is 45.4 Å². The lowest BCUT2D eigenvalue weighted by Crippen LogP contribution is -2.51. The highest BCUT2D eigenvalue weighted by Crippen LogP contribution is 2.22. The zero-order chi connectivity index (χ0) is 13.5. The van der Waals surface area contributed by atoms with Crippen LogP contribution in [0.1, 0.15) is 39.5 Å². The maximum absolute atomic E-state index is 13.2. The molecule has 0 heterocycles. The van der Waals surface area contributed by atoms with Crippen molar-refractivity contribution >= 4 is 10.4 Å². The van der Waals surface area contributed by atoms with Gasteiger partial charge in [0.2, 0.25) is 5.91 Å². The molecule has 0 N–H and O–H groups in total. The Morgan fingerprint density at radius 3 is 2.06 bits per heavy atom. The van der Waals surface area contributed by atoms with Gasteiger partial charge in [0.05, 0.1) is 0 Å². The predicted octanol–water partition coefficient (Wildman–Crippen LogP) is 2.05. The van der Waals surface area contributed by atoms with Gasteiger partial charge in [0.1, 0.15) is 0 Å². The highest BCUT2D eigenvalue weighted by molar-refractivity contribution is 7.84. The van der Waals surface area contributed by atoms with Crippen LogP contribution >= 0.6 is 0 Å². The summed E-state index contributed by atoms with van der Waals surface area (Å²) >= 11 is 0. The Kier molecular flexibility index (Phi) is 7.15. The number of hydrogen-bond donors (Lipinski definition) is 0. The second-order valence-electron chi connectivity index (χ2n) is 3.88. The third-order valence-corrected chi connectivity index (χ3v) is 3.73.